The maximum absolute atomic E-state index is 12.6. The second-order valence-electron chi connectivity index (χ2n) is 5.49. The fraction of sp³-hybridized carbons (Fsp3) is 0. The van der Waals surface area contributed by atoms with Crippen molar-refractivity contribution in [2.45, 2.75) is 0 Å². The second-order valence-corrected chi connectivity index (χ2v) is 6.87. The summed E-state index contributed by atoms with van der Waals surface area (Å²) in [6, 6.07) is 13.8. The largest absolute Gasteiger partial charge is 0.317 e. The van der Waals surface area contributed by atoms with Crippen molar-refractivity contribution in [1.82, 2.24) is 15.7 Å². The monoisotopic (exact) mass is 410 g/mol. The van der Waals surface area contributed by atoms with Crippen molar-refractivity contribution in [1.29, 1.82) is 0 Å². The van der Waals surface area contributed by atoms with Crippen LogP contribution in [-0.2, 0) is 4.79 Å². The Morgan fingerprint density at radius 3 is 2.57 bits per heavy atom. The van der Waals surface area contributed by atoms with Crippen molar-refractivity contribution >= 4 is 47.0 Å². The van der Waals surface area contributed by atoms with E-state index in [4.69, 9.17) is 11.6 Å². The van der Waals surface area contributed by atoms with Gasteiger partial charge < -0.3 is 5.32 Å². The summed E-state index contributed by atoms with van der Waals surface area (Å²) in [5.41, 5.74) is 3.52. The minimum atomic E-state index is -0.556. The van der Waals surface area contributed by atoms with E-state index in [-0.39, 0.29) is 11.3 Å². The van der Waals surface area contributed by atoms with Crippen LogP contribution in [0.4, 0.5) is 0 Å². The van der Waals surface area contributed by atoms with E-state index < -0.39 is 11.8 Å². The van der Waals surface area contributed by atoms with Crippen LogP contribution in [0, 0.1) is 0 Å². The van der Waals surface area contributed by atoms with Crippen molar-refractivity contribution in [3.8, 4) is 0 Å². The van der Waals surface area contributed by atoms with Crippen LogP contribution in [-0.4, -0.2) is 23.0 Å². The summed E-state index contributed by atoms with van der Waals surface area (Å²) in [7, 11) is 0. The summed E-state index contributed by atoms with van der Waals surface area (Å²) in [4.78, 5) is 29.8. The number of carbonyl (C=O) groups is 2. The first kappa shape index (κ1) is 19.5. The number of carbonyl (C=O) groups excluding carboxylic acids is 2. The molecule has 2 heterocycles. The van der Waals surface area contributed by atoms with Crippen LogP contribution in [0.25, 0.3) is 6.08 Å². The summed E-state index contributed by atoms with van der Waals surface area (Å²) in [5.74, 6) is -1.04. The Labute approximate surface area is 170 Å². The molecule has 8 heteroatoms. The molecular formula is C20H15ClN4O2S. The van der Waals surface area contributed by atoms with Gasteiger partial charge in [0.1, 0.15) is 5.70 Å². The maximum atomic E-state index is 12.6. The average molecular weight is 411 g/mol. The van der Waals surface area contributed by atoms with E-state index in [0.29, 0.717) is 5.02 Å². The highest BCUT2D eigenvalue weighted by Crippen LogP contribution is 2.16. The predicted molar refractivity (Wildman–Crippen MR) is 111 cm³/mol. The smallest absolute Gasteiger partial charge is 0.287 e. The van der Waals surface area contributed by atoms with Crippen molar-refractivity contribution in [3.63, 3.8) is 0 Å². The number of amides is 2. The van der Waals surface area contributed by atoms with Gasteiger partial charge in [-0.15, -0.1) is 11.3 Å². The Bertz CT molecular complexity index is 1020. The van der Waals surface area contributed by atoms with Crippen LogP contribution in [0.15, 0.2) is 77.1 Å². The number of aromatic nitrogens is 1. The third kappa shape index (κ3) is 5.35. The molecule has 0 unspecified atom stereocenters. The molecule has 2 N–H and O–H groups in total. The normalized spacial score (nSPS) is 11.4. The summed E-state index contributed by atoms with van der Waals surface area (Å²) in [6.45, 7) is 0. The first-order valence-electron chi connectivity index (χ1n) is 8.18. The van der Waals surface area contributed by atoms with Gasteiger partial charge in [0.25, 0.3) is 11.8 Å². The molecule has 0 radical (unpaired) electrons. The average Bonchev–Trinajstić information content (AvgIpc) is 3.21. The molecule has 0 bridgehead atoms. The second kappa shape index (κ2) is 9.59. The van der Waals surface area contributed by atoms with Crippen LogP contribution in [0.3, 0.4) is 0 Å². The van der Waals surface area contributed by atoms with Crippen molar-refractivity contribution in [2.24, 2.45) is 5.10 Å². The van der Waals surface area contributed by atoms with Gasteiger partial charge in [0.15, 0.2) is 0 Å². The van der Waals surface area contributed by atoms with Crippen LogP contribution in [0.1, 0.15) is 20.8 Å². The fourth-order valence-corrected chi connectivity index (χ4v) is 3.06. The van der Waals surface area contributed by atoms with Gasteiger partial charge in [0.05, 0.1) is 16.8 Å². The first-order chi connectivity index (χ1) is 13.6. The molecule has 3 rings (SSSR count). The van der Waals surface area contributed by atoms with E-state index in [1.807, 2.05) is 17.5 Å². The molecule has 0 aliphatic rings. The molecule has 3 aromatic rings. The number of pyridine rings is 1. The number of rotatable bonds is 6. The molecule has 0 atom stereocenters. The highest BCUT2D eigenvalue weighted by Gasteiger charge is 2.16. The highest BCUT2D eigenvalue weighted by molar-refractivity contribution is 7.10. The van der Waals surface area contributed by atoms with Crippen LogP contribution >= 0.6 is 22.9 Å². The lowest BCUT2D eigenvalue weighted by Gasteiger charge is -2.09. The molecule has 6 nitrogen and oxygen atoms in total. The quantitative estimate of drug-likeness (QED) is 0.369. The van der Waals surface area contributed by atoms with Crippen LogP contribution < -0.4 is 10.7 Å². The van der Waals surface area contributed by atoms with E-state index in [1.54, 1.807) is 54.9 Å². The zero-order valence-corrected chi connectivity index (χ0v) is 16.1. The van der Waals surface area contributed by atoms with Gasteiger partial charge >= 0.3 is 0 Å². The molecule has 0 saturated carbocycles. The Morgan fingerprint density at radius 2 is 1.86 bits per heavy atom. The predicted octanol–water partition coefficient (Wildman–Crippen LogP) is 3.72. The minimum Gasteiger partial charge on any atom is -0.317 e. The van der Waals surface area contributed by atoms with Crippen LogP contribution in [0.5, 0.6) is 0 Å². The fourth-order valence-electron chi connectivity index (χ4n) is 2.18. The molecule has 2 amide bonds. The summed E-state index contributed by atoms with van der Waals surface area (Å²) in [5, 5.41) is 8.70. The number of benzene rings is 1. The highest BCUT2D eigenvalue weighted by atomic mass is 35.5. The van der Waals surface area contributed by atoms with Gasteiger partial charge in [-0.3, -0.25) is 14.6 Å². The molecule has 28 heavy (non-hydrogen) atoms. The number of halogens is 1. The standard InChI is InChI=1S/C20H15ClN4O2S/c21-17-6-2-1-5-16(17)19(26)24-18(12-15-4-3-11-28-15)20(27)25-23-13-14-7-9-22-10-8-14/h1-13H,(H,24,26)(H,25,27)/b18-12+,23-13-. The number of thiophene rings is 1. The zero-order chi connectivity index (χ0) is 19.8. The lowest BCUT2D eigenvalue weighted by Crippen LogP contribution is -2.32. The lowest BCUT2D eigenvalue weighted by atomic mass is 10.2. The molecule has 0 saturated heterocycles. The lowest BCUT2D eigenvalue weighted by molar-refractivity contribution is -0.117. The molecule has 1 aromatic carbocycles. The van der Waals surface area contributed by atoms with E-state index >= 15 is 0 Å². The Kier molecular flexibility index (Phi) is 6.67. The van der Waals surface area contributed by atoms with E-state index in [2.05, 4.69) is 20.8 Å². The number of hydrogen-bond acceptors (Lipinski definition) is 5. The number of hydrazone groups is 1. The van der Waals surface area contributed by atoms with Crippen molar-refractivity contribution in [3.05, 3.63) is 93.0 Å². The Hall–Kier alpha value is -3.29. The van der Waals surface area contributed by atoms with Crippen molar-refractivity contribution in [2.75, 3.05) is 0 Å². The molecule has 140 valence electrons. The minimum absolute atomic E-state index is 0.0549. The zero-order valence-electron chi connectivity index (χ0n) is 14.5. The molecule has 0 spiro atoms. The molecule has 0 aliphatic heterocycles. The summed E-state index contributed by atoms with van der Waals surface area (Å²) >= 11 is 7.51. The summed E-state index contributed by atoms with van der Waals surface area (Å²) in [6.07, 6.45) is 6.30. The van der Waals surface area contributed by atoms with Gasteiger partial charge in [-0.2, -0.15) is 5.10 Å². The maximum Gasteiger partial charge on any atom is 0.287 e. The molecule has 2 aromatic heterocycles. The third-order valence-corrected chi connectivity index (χ3v) is 4.68. The van der Waals surface area contributed by atoms with E-state index in [0.717, 1.165) is 10.4 Å². The van der Waals surface area contributed by atoms with E-state index in [9.17, 15) is 9.59 Å². The Balaban J connectivity index is 1.77. The van der Waals surface area contributed by atoms with Gasteiger partial charge in [0.2, 0.25) is 0 Å². The van der Waals surface area contributed by atoms with Crippen molar-refractivity contribution < 1.29 is 9.59 Å². The first-order valence-corrected chi connectivity index (χ1v) is 9.44. The van der Waals surface area contributed by atoms with Gasteiger partial charge in [-0.05, 0) is 47.4 Å². The number of nitrogens with one attached hydrogen (secondary N) is 2. The van der Waals surface area contributed by atoms with Crippen LogP contribution in [0.2, 0.25) is 5.02 Å². The summed E-state index contributed by atoms with van der Waals surface area (Å²) < 4.78 is 0. The van der Waals surface area contributed by atoms with Gasteiger partial charge in [-0.1, -0.05) is 29.8 Å². The molecule has 0 aliphatic carbocycles. The van der Waals surface area contributed by atoms with Gasteiger partial charge in [-0.25, -0.2) is 5.43 Å². The number of nitrogens with zero attached hydrogens (tertiary/aromatic N) is 2. The topological polar surface area (TPSA) is 83.4 Å². The van der Waals surface area contributed by atoms with Gasteiger partial charge in [0, 0.05) is 17.3 Å². The third-order valence-electron chi connectivity index (χ3n) is 3.53. The number of hydrogen-bond donors (Lipinski definition) is 2. The van der Waals surface area contributed by atoms with E-state index in [1.165, 1.54) is 17.6 Å². The SMILES string of the molecule is O=C(N/N=C\c1ccncc1)/C(=C\c1cccs1)NC(=O)c1ccccc1Cl. The molecular weight excluding hydrogens is 396 g/mol. The Morgan fingerprint density at radius 1 is 1.07 bits per heavy atom. The molecule has 0 fully saturated rings.